The predicted octanol–water partition coefficient (Wildman–Crippen LogP) is 1.22. The number of carbonyl (C=O) groups excluding carboxylic acids is 1. The van der Waals surface area contributed by atoms with E-state index in [1.54, 1.807) is 0 Å². The number of nitrogens with zero attached hydrogens (tertiary/aromatic N) is 2. The lowest BCUT2D eigenvalue weighted by Crippen LogP contribution is -2.53. The summed E-state index contributed by atoms with van der Waals surface area (Å²) in [6.07, 6.45) is 4.65. The second-order valence-electron chi connectivity index (χ2n) is 5.80. The molecule has 2 N–H and O–H groups in total. The van der Waals surface area contributed by atoms with Gasteiger partial charge in [-0.05, 0) is 36.5 Å². The first-order valence-corrected chi connectivity index (χ1v) is 7.39. The number of piperidine rings is 2. The molecular formula is C15H22N4O. The maximum atomic E-state index is 11.4. The fourth-order valence-corrected chi connectivity index (χ4v) is 3.30. The quantitative estimate of drug-likeness (QED) is 0.870. The molecule has 0 saturated carbocycles. The van der Waals surface area contributed by atoms with Crippen molar-refractivity contribution in [3.05, 3.63) is 23.9 Å². The molecule has 5 heteroatoms. The molecule has 2 saturated heterocycles. The van der Waals surface area contributed by atoms with E-state index in [2.05, 4.69) is 32.7 Å². The van der Waals surface area contributed by atoms with Crippen LogP contribution in [0, 0.1) is 5.92 Å². The van der Waals surface area contributed by atoms with Crippen molar-refractivity contribution >= 4 is 11.7 Å². The Morgan fingerprint density at radius 3 is 3.25 bits per heavy atom. The number of carbonyl (C=O) groups is 1. The highest BCUT2D eigenvalue weighted by molar-refractivity contribution is 5.77. The summed E-state index contributed by atoms with van der Waals surface area (Å²) in [5, 5.41) is 6.21. The van der Waals surface area contributed by atoms with E-state index in [4.69, 9.17) is 0 Å². The molecule has 20 heavy (non-hydrogen) atoms. The first kappa shape index (κ1) is 13.4. The number of pyridine rings is 1. The van der Waals surface area contributed by atoms with Crippen molar-refractivity contribution in [3.8, 4) is 0 Å². The third-order valence-electron chi connectivity index (χ3n) is 4.39. The van der Waals surface area contributed by atoms with Crippen LogP contribution < -0.4 is 10.6 Å². The minimum Gasteiger partial charge on any atom is -0.373 e. The molecule has 0 aliphatic carbocycles. The van der Waals surface area contributed by atoms with Crippen molar-refractivity contribution in [1.82, 2.24) is 15.2 Å². The van der Waals surface area contributed by atoms with Gasteiger partial charge in [-0.25, -0.2) is 4.98 Å². The monoisotopic (exact) mass is 274 g/mol. The average Bonchev–Trinajstić information content (AvgIpc) is 2.47. The van der Waals surface area contributed by atoms with E-state index in [9.17, 15) is 4.79 Å². The first-order chi connectivity index (χ1) is 9.74. The van der Waals surface area contributed by atoms with Gasteiger partial charge in [0.2, 0.25) is 5.91 Å². The summed E-state index contributed by atoms with van der Waals surface area (Å²) in [6.45, 7) is 3.11. The smallest absolute Gasteiger partial charge is 0.220 e. The third kappa shape index (κ3) is 2.93. The number of anilines is 1. The lowest BCUT2D eigenvalue weighted by atomic mass is 9.85. The van der Waals surface area contributed by atoms with Crippen LogP contribution in [-0.4, -0.2) is 42.0 Å². The minimum atomic E-state index is 0.229. The van der Waals surface area contributed by atoms with Gasteiger partial charge in [-0.1, -0.05) is 0 Å². The van der Waals surface area contributed by atoms with E-state index in [1.165, 1.54) is 5.56 Å². The average molecular weight is 274 g/mol. The normalized spacial score (nSPS) is 26.8. The van der Waals surface area contributed by atoms with Crippen LogP contribution in [0.3, 0.4) is 0 Å². The number of likely N-dealkylation sites (tertiary alicyclic amines) is 1. The number of hydrogen-bond acceptors (Lipinski definition) is 4. The Bertz CT molecular complexity index is 491. The highest BCUT2D eigenvalue weighted by Crippen LogP contribution is 2.26. The number of aromatic nitrogens is 1. The Hall–Kier alpha value is -1.62. The largest absolute Gasteiger partial charge is 0.373 e. The van der Waals surface area contributed by atoms with Gasteiger partial charge >= 0.3 is 0 Å². The van der Waals surface area contributed by atoms with E-state index in [1.807, 2.05) is 13.2 Å². The lowest BCUT2D eigenvalue weighted by Gasteiger charge is -2.41. The van der Waals surface area contributed by atoms with Crippen LogP contribution in [0.2, 0.25) is 0 Å². The Labute approximate surface area is 119 Å². The van der Waals surface area contributed by atoms with Crippen molar-refractivity contribution < 1.29 is 4.79 Å². The Morgan fingerprint density at radius 1 is 1.50 bits per heavy atom. The SMILES string of the molecule is CNc1cc(CN2CCC3NC(=O)CCC3C2)ccn1. The van der Waals surface area contributed by atoms with Crippen LogP contribution in [0.1, 0.15) is 24.8 Å². The van der Waals surface area contributed by atoms with Gasteiger partial charge in [-0.3, -0.25) is 9.69 Å². The molecule has 1 aromatic rings. The van der Waals surface area contributed by atoms with Gasteiger partial charge in [0, 0.05) is 45.3 Å². The number of fused-ring (bicyclic) bond motifs is 1. The zero-order valence-corrected chi connectivity index (χ0v) is 11.9. The molecule has 3 rings (SSSR count). The van der Waals surface area contributed by atoms with E-state index >= 15 is 0 Å². The van der Waals surface area contributed by atoms with E-state index < -0.39 is 0 Å². The Kier molecular flexibility index (Phi) is 3.87. The molecule has 3 heterocycles. The molecule has 0 aromatic carbocycles. The summed E-state index contributed by atoms with van der Waals surface area (Å²) >= 11 is 0. The molecule has 1 amide bonds. The molecule has 2 atom stereocenters. The van der Waals surface area contributed by atoms with Crippen molar-refractivity contribution in [2.45, 2.75) is 31.8 Å². The summed E-state index contributed by atoms with van der Waals surface area (Å²) in [6, 6.07) is 4.59. The Balaban J connectivity index is 1.60. The van der Waals surface area contributed by atoms with Gasteiger partial charge in [0.05, 0.1) is 0 Å². The minimum absolute atomic E-state index is 0.229. The molecule has 2 unspecified atom stereocenters. The summed E-state index contributed by atoms with van der Waals surface area (Å²) in [4.78, 5) is 18.2. The molecule has 0 bridgehead atoms. The van der Waals surface area contributed by atoms with Crippen molar-refractivity contribution in [2.75, 3.05) is 25.5 Å². The van der Waals surface area contributed by atoms with Gasteiger partial charge in [0.25, 0.3) is 0 Å². The second-order valence-corrected chi connectivity index (χ2v) is 5.80. The third-order valence-corrected chi connectivity index (χ3v) is 4.39. The fourth-order valence-electron chi connectivity index (χ4n) is 3.30. The number of hydrogen-bond donors (Lipinski definition) is 2. The van der Waals surface area contributed by atoms with E-state index in [-0.39, 0.29) is 5.91 Å². The molecule has 5 nitrogen and oxygen atoms in total. The van der Waals surface area contributed by atoms with Gasteiger partial charge in [-0.2, -0.15) is 0 Å². The molecule has 0 spiro atoms. The predicted molar refractivity (Wildman–Crippen MR) is 78.3 cm³/mol. The molecule has 0 radical (unpaired) electrons. The standard InChI is InChI=1S/C15H22N4O/c1-16-14-8-11(4-6-17-14)9-19-7-5-13-12(10-19)2-3-15(20)18-13/h4,6,8,12-13H,2-3,5,7,9-10H2,1H3,(H,16,17)(H,18,20). The maximum Gasteiger partial charge on any atom is 0.220 e. The van der Waals surface area contributed by atoms with E-state index in [0.29, 0.717) is 18.4 Å². The van der Waals surface area contributed by atoms with Crippen LogP contribution >= 0.6 is 0 Å². The summed E-state index contributed by atoms with van der Waals surface area (Å²) in [7, 11) is 1.89. The highest BCUT2D eigenvalue weighted by atomic mass is 16.1. The van der Waals surface area contributed by atoms with E-state index in [0.717, 1.165) is 38.3 Å². The summed E-state index contributed by atoms with van der Waals surface area (Å²) in [5.74, 6) is 1.77. The van der Waals surface area contributed by atoms with Crippen LogP contribution in [-0.2, 0) is 11.3 Å². The summed E-state index contributed by atoms with van der Waals surface area (Å²) in [5.41, 5.74) is 1.29. The number of amides is 1. The van der Waals surface area contributed by atoms with Gasteiger partial charge in [0.1, 0.15) is 5.82 Å². The first-order valence-electron chi connectivity index (χ1n) is 7.39. The van der Waals surface area contributed by atoms with Gasteiger partial charge in [-0.15, -0.1) is 0 Å². The number of rotatable bonds is 3. The van der Waals surface area contributed by atoms with Crippen LogP contribution in [0.4, 0.5) is 5.82 Å². The van der Waals surface area contributed by atoms with Crippen LogP contribution in [0.15, 0.2) is 18.3 Å². The van der Waals surface area contributed by atoms with Gasteiger partial charge in [0.15, 0.2) is 0 Å². The van der Waals surface area contributed by atoms with Crippen molar-refractivity contribution in [1.29, 1.82) is 0 Å². The van der Waals surface area contributed by atoms with Crippen molar-refractivity contribution in [2.24, 2.45) is 5.92 Å². The summed E-state index contributed by atoms with van der Waals surface area (Å²) < 4.78 is 0. The number of nitrogens with one attached hydrogen (secondary N) is 2. The fraction of sp³-hybridized carbons (Fsp3) is 0.600. The zero-order valence-electron chi connectivity index (χ0n) is 11.9. The molecular weight excluding hydrogens is 252 g/mol. The molecule has 108 valence electrons. The second kappa shape index (κ2) is 5.79. The lowest BCUT2D eigenvalue weighted by molar-refractivity contribution is -0.125. The molecule has 1 aromatic heterocycles. The molecule has 2 fully saturated rings. The van der Waals surface area contributed by atoms with Crippen LogP contribution in [0.5, 0.6) is 0 Å². The highest BCUT2D eigenvalue weighted by Gasteiger charge is 2.33. The van der Waals surface area contributed by atoms with Gasteiger partial charge < -0.3 is 10.6 Å². The Morgan fingerprint density at radius 2 is 2.40 bits per heavy atom. The van der Waals surface area contributed by atoms with Crippen molar-refractivity contribution in [3.63, 3.8) is 0 Å². The maximum absolute atomic E-state index is 11.4. The zero-order chi connectivity index (χ0) is 13.9. The molecule has 2 aliphatic rings. The van der Waals surface area contributed by atoms with Crippen LogP contribution in [0.25, 0.3) is 0 Å². The topological polar surface area (TPSA) is 57.3 Å². The molecule has 2 aliphatic heterocycles.